The SMILES string of the molecule is CCOc1cc(C#N)c(NC(=O)c2ccc(F)cc2)cc1OCC. The number of anilines is 1. The highest BCUT2D eigenvalue weighted by Gasteiger charge is 2.15. The van der Waals surface area contributed by atoms with Gasteiger partial charge in [-0.05, 0) is 38.1 Å². The first-order valence-corrected chi connectivity index (χ1v) is 7.49. The van der Waals surface area contributed by atoms with Crippen LogP contribution in [0.5, 0.6) is 11.5 Å². The predicted octanol–water partition coefficient (Wildman–Crippen LogP) is 3.75. The van der Waals surface area contributed by atoms with Crippen molar-refractivity contribution in [3.05, 3.63) is 53.3 Å². The largest absolute Gasteiger partial charge is 0.490 e. The van der Waals surface area contributed by atoms with Gasteiger partial charge in [-0.15, -0.1) is 0 Å². The van der Waals surface area contributed by atoms with Crippen LogP contribution in [0.2, 0.25) is 0 Å². The molecule has 2 aromatic carbocycles. The van der Waals surface area contributed by atoms with Gasteiger partial charge < -0.3 is 14.8 Å². The van der Waals surface area contributed by atoms with Crippen molar-refractivity contribution >= 4 is 11.6 Å². The Bertz CT molecular complexity index is 767. The third-order valence-corrected chi connectivity index (χ3v) is 3.16. The van der Waals surface area contributed by atoms with Gasteiger partial charge in [-0.25, -0.2) is 4.39 Å². The molecule has 0 bridgehead atoms. The summed E-state index contributed by atoms with van der Waals surface area (Å²) in [6.07, 6.45) is 0. The smallest absolute Gasteiger partial charge is 0.255 e. The van der Waals surface area contributed by atoms with Crippen LogP contribution in [-0.2, 0) is 0 Å². The summed E-state index contributed by atoms with van der Waals surface area (Å²) >= 11 is 0. The Morgan fingerprint density at radius 2 is 1.71 bits per heavy atom. The van der Waals surface area contributed by atoms with Crippen molar-refractivity contribution in [2.45, 2.75) is 13.8 Å². The number of nitriles is 1. The van der Waals surface area contributed by atoms with Crippen LogP contribution >= 0.6 is 0 Å². The number of ether oxygens (including phenoxy) is 2. The number of carbonyl (C=O) groups excluding carboxylic acids is 1. The standard InChI is InChI=1S/C18H17FN2O3/c1-3-23-16-9-13(11-20)15(10-17(16)24-4-2)21-18(22)12-5-7-14(19)8-6-12/h5-10H,3-4H2,1-2H3,(H,21,22). The Kier molecular flexibility index (Phi) is 5.74. The van der Waals surface area contributed by atoms with Crippen LogP contribution in [0.15, 0.2) is 36.4 Å². The molecule has 0 heterocycles. The maximum Gasteiger partial charge on any atom is 0.255 e. The first-order chi connectivity index (χ1) is 11.6. The number of hydrogen-bond donors (Lipinski definition) is 1. The van der Waals surface area contributed by atoms with Crippen LogP contribution in [0.1, 0.15) is 29.8 Å². The molecule has 0 saturated heterocycles. The van der Waals surface area contributed by atoms with Crippen LogP contribution in [0.3, 0.4) is 0 Å². The zero-order valence-electron chi connectivity index (χ0n) is 13.4. The second-order valence-electron chi connectivity index (χ2n) is 4.78. The van der Waals surface area contributed by atoms with Gasteiger partial charge in [0.2, 0.25) is 0 Å². The molecule has 0 aliphatic heterocycles. The second-order valence-corrected chi connectivity index (χ2v) is 4.78. The highest BCUT2D eigenvalue weighted by atomic mass is 19.1. The molecule has 6 heteroatoms. The maximum atomic E-state index is 12.9. The Morgan fingerprint density at radius 3 is 2.25 bits per heavy atom. The molecule has 1 N–H and O–H groups in total. The van der Waals surface area contributed by atoms with Gasteiger partial charge in [0.25, 0.3) is 5.91 Å². The Morgan fingerprint density at radius 1 is 1.12 bits per heavy atom. The molecule has 0 spiro atoms. The van der Waals surface area contributed by atoms with Gasteiger partial charge in [-0.3, -0.25) is 4.79 Å². The molecule has 0 atom stereocenters. The molecule has 0 fully saturated rings. The number of carbonyl (C=O) groups is 1. The molecular weight excluding hydrogens is 311 g/mol. The van der Waals surface area contributed by atoms with Crippen LogP contribution in [-0.4, -0.2) is 19.1 Å². The van der Waals surface area contributed by atoms with Crippen molar-refractivity contribution in [1.29, 1.82) is 5.26 Å². The Balaban J connectivity index is 2.34. The molecule has 0 aliphatic carbocycles. The summed E-state index contributed by atoms with van der Waals surface area (Å²) in [6.45, 7) is 4.49. The van der Waals surface area contributed by atoms with Gasteiger partial charge in [0, 0.05) is 17.7 Å². The summed E-state index contributed by atoms with van der Waals surface area (Å²) in [4.78, 5) is 12.3. The lowest BCUT2D eigenvalue weighted by atomic mass is 10.1. The molecule has 124 valence electrons. The van der Waals surface area contributed by atoms with Crippen LogP contribution in [0, 0.1) is 17.1 Å². The quantitative estimate of drug-likeness (QED) is 0.876. The molecule has 1 amide bonds. The number of halogens is 1. The van der Waals surface area contributed by atoms with Crippen molar-refractivity contribution < 1.29 is 18.7 Å². The lowest BCUT2D eigenvalue weighted by Crippen LogP contribution is -2.13. The average Bonchev–Trinajstić information content (AvgIpc) is 2.58. The van der Waals surface area contributed by atoms with E-state index in [-0.39, 0.29) is 11.1 Å². The van der Waals surface area contributed by atoms with Crippen LogP contribution in [0.25, 0.3) is 0 Å². The molecule has 0 aromatic heterocycles. The van der Waals surface area contributed by atoms with Crippen molar-refractivity contribution in [1.82, 2.24) is 0 Å². The topological polar surface area (TPSA) is 71.3 Å². The van der Waals surface area contributed by atoms with Gasteiger partial charge in [0.1, 0.15) is 11.9 Å². The molecule has 0 saturated carbocycles. The minimum atomic E-state index is -0.446. The monoisotopic (exact) mass is 328 g/mol. The molecule has 0 radical (unpaired) electrons. The molecule has 24 heavy (non-hydrogen) atoms. The van der Waals surface area contributed by atoms with Crippen molar-refractivity contribution in [3.63, 3.8) is 0 Å². The van der Waals surface area contributed by atoms with E-state index < -0.39 is 11.7 Å². The van der Waals surface area contributed by atoms with Crippen molar-refractivity contribution in [2.24, 2.45) is 0 Å². The van der Waals surface area contributed by atoms with E-state index in [1.165, 1.54) is 30.3 Å². The summed E-state index contributed by atoms with van der Waals surface area (Å²) in [5.41, 5.74) is 0.836. The Labute approximate surface area is 139 Å². The summed E-state index contributed by atoms with van der Waals surface area (Å²) in [7, 11) is 0. The van der Waals surface area contributed by atoms with E-state index in [2.05, 4.69) is 5.32 Å². The van der Waals surface area contributed by atoms with E-state index in [1.54, 1.807) is 6.07 Å². The number of hydrogen-bond acceptors (Lipinski definition) is 4. The highest BCUT2D eigenvalue weighted by Crippen LogP contribution is 2.34. The summed E-state index contributed by atoms with van der Waals surface area (Å²) in [6, 6.07) is 10.2. The fourth-order valence-corrected chi connectivity index (χ4v) is 2.09. The second kappa shape index (κ2) is 7.97. The van der Waals surface area contributed by atoms with Gasteiger partial charge >= 0.3 is 0 Å². The minimum absolute atomic E-state index is 0.248. The minimum Gasteiger partial charge on any atom is -0.490 e. The predicted molar refractivity (Wildman–Crippen MR) is 87.8 cm³/mol. The average molecular weight is 328 g/mol. The fraction of sp³-hybridized carbons (Fsp3) is 0.222. The number of rotatable bonds is 6. The van der Waals surface area contributed by atoms with Gasteiger partial charge in [0.15, 0.2) is 11.5 Å². The lowest BCUT2D eigenvalue weighted by molar-refractivity contribution is 0.102. The van der Waals surface area contributed by atoms with E-state index in [0.717, 1.165) is 0 Å². The molecule has 5 nitrogen and oxygen atoms in total. The molecule has 2 rings (SSSR count). The zero-order chi connectivity index (χ0) is 17.5. The van der Waals surface area contributed by atoms with Crippen molar-refractivity contribution in [2.75, 3.05) is 18.5 Å². The number of amides is 1. The number of nitrogens with zero attached hydrogens (tertiary/aromatic N) is 1. The summed E-state index contributed by atoms with van der Waals surface area (Å²) in [5.74, 6) is 0.00510. The molecular formula is C18H17FN2O3. The molecule has 0 unspecified atom stereocenters. The number of benzene rings is 2. The first kappa shape index (κ1) is 17.3. The van der Waals surface area contributed by atoms with Gasteiger partial charge in [0.05, 0.1) is 24.5 Å². The normalized spacial score (nSPS) is 9.92. The van der Waals surface area contributed by atoms with E-state index in [4.69, 9.17) is 9.47 Å². The van der Waals surface area contributed by atoms with Crippen LogP contribution < -0.4 is 14.8 Å². The van der Waals surface area contributed by atoms with Crippen molar-refractivity contribution in [3.8, 4) is 17.6 Å². The van der Waals surface area contributed by atoms with Gasteiger partial charge in [-0.1, -0.05) is 0 Å². The molecule has 2 aromatic rings. The highest BCUT2D eigenvalue weighted by molar-refractivity contribution is 6.05. The summed E-state index contributed by atoms with van der Waals surface area (Å²) < 4.78 is 23.9. The van der Waals surface area contributed by atoms with E-state index >= 15 is 0 Å². The van der Waals surface area contributed by atoms with E-state index in [0.29, 0.717) is 30.4 Å². The van der Waals surface area contributed by atoms with Gasteiger partial charge in [-0.2, -0.15) is 5.26 Å². The molecule has 0 aliphatic rings. The third-order valence-electron chi connectivity index (χ3n) is 3.16. The van der Waals surface area contributed by atoms with E-state index in [9.17, 15) is 14.4 Å². The Hall–Kier alpha value is -3.07. The van der Waals surface area contributed by atoms with E-state index in [1.807, 2.05) is 19.9 Å². The first-order valence-electron chi connectivity index (χ1n) is 7.49. The number of nitrogens with one attached hydrogen (secondary N) is 1. The summed E-state index contributed by atoms with van der Waals surface area (Å²) in [5, 5.41) is 12.0. The lowest BCUT2D eigenvalue weighted by Gasteiger charge is -2.14. The zero-order valence-corrected chi connectivity index (χ0v) is 13.4. The van der Waals surface area contributed by atoms with Crippen LogP contribution in [0.4, 0.5) is 10.1 Å². The third kappa shape index (κ3) is 4.02. The maximum absolute atomic E-state index is 12.9. The fourth-order valence-electron chi connectivity index (χ4n) is 2.09.